The molecule has 0 radical (unpaired) electrons. The molecule has 6 nitrogen and oxygen atoms in total. The van der Waals surface area contributed by atoms with Crippen molar-refractivity contribution in [2.45, 2.75) is 20.4 Å². The lowest BCUT2D eigenvalue weighted by molar-refractivity contribution is 0.0950. The lowest BCUT2D eigenvalue weighted by Gasteiger charge is -2.11. The molecule has 4 aromatic rings. The molecule has 0 unspecified atom stereocenters. The summed E-state index contributed by atoms with van der Waals surface area (Å²) in [6.07, 6.45) is 5.39. The highest BCUT2D eigenvalue weighted by molar-refractivity contribution is 5.99. The van der Waals surface area contributed by atoms with Crippen molar-refractivity contribution in [2.75, 3.05) is 11.1 Å². The third-order valence-corrected chi connectivity index (χ3v) is 5.00. The Balaban J connectivity index is 1.64. The summed E-state index contributed by atoms with van der Waals surface area (Å²) in [7, 11) is 0. The molecule has 146 valence electrons. The molecule has 0 aliphatic carbocycles. The van der Waals surface area contributed by atoms with Crippen LogP contribution >= 0.6 is 0 Å². The number of aryl methyl sites for hydroxylation is 2. The summed E-state index contributed by atoms with van der Waals surface area (Å²) in [6.45, 7) is 4.43. The molecule has 6 heteroatoms. The average Bonchev–Trinajstić information content (AvgIpc) is 3.07. The number of nitrogens with two attached hydrogens (primary N) is 1. The second kappa shape index (κ2) is 7.67. The molecule has 0 atom stereocenters. The van der Waals surface area contributed by atoms with Crippen LogP contribution in [-0.4, -0.2) is 15.3 Å². The third kappa shape index (κ3) is 3.78. The lowest BCUT2D eigenvalue weighted by atomic mass is 10.1. The van der Waals surface area contributed by atoms with Crippen molar-refractivity contribution in [3.63, 3.8) is 0 Å². The van der Waals surface area contributed by atoms with Gasteiger partial charge < -0.3 is 20.8 Å². The van der Waals surface area contributed by atoms with Gasteiger partial charge in [-0.2, -0.15) is 0 Å². The van der Waals surface area contributed by atoms with Crippen molar-refractivity contribution >= 4 is 28.6 Å². The molecular formula is C23H23N5O. The van der Waals surface area contributed by atoms with Crippen LogP contribution in [0.5, 0.6) is 0 Å². The minimum atomic E-state index is -0.110. The highest BCUT2D eigenvalue weighted by Gasteiger charge is 2.17. The number of carbonyl (C=O) groups excluding carboxylic acids is 1. The molecule has 0 aliphatic rings. The summed E-state index contributed by atoms with van der Waals surface area (Å²) in [5, 5.41) is 6.36. The highest BCUT2D eigenvalue weighted by atomic mass is 16.1. The van der Waals surface area contributed by atoms with E-state index in [1.807, 2.05) is 79.2 Å². The number of nitrogens with zero attached hydrogens (tertiary/aromatic N) is 2. The zero-order chi connectivity index (χ0) is 20.4. The minimum Gasteiger partial charge on any atom is -0.399 e. The fourth-order valence-electron chi connectivity index (χ4n) is 3.38. The van der Waals surface area contributed by atoms with Gasteiger partial charge in [0.2, 0.25) is 0 Å². The molecule has 1 amide bonds. The van der Waals surface area contributed by atoms with Crippen molar-refractivity contribution in [1.29, 1.82) is 0 Å². The number of nitrogens with one attached hydrogen (secondary N) is 2. The first-order valence-electron chi connectivity index (χ1n) is 9.44. The Labute approximate surface area is 169 Å². The van der Waals surface area contributed by atoms with Gasteiger partial charge >= 0.3 is 0 Å². The Hall–Kier alpha value is -3.80. The van der Waals surface area contributed by atoms with E-state index in [4.69, 9.17) is 5.73 Å². The van der Waals surface area contributed by atoms with E-state index >= 15 is 0 Å². The molecule has 0 fully saturated rings. The van der Waals surface area contributed by atoms with E-state index in [0.717, 1.165) is 27.9 Å². The van der Waals surface area contributed by atoms with Crippen LogP contribution in [0.3, 0.4) is 0 Å². The van der Waals surface area contributed by atoms with Crippen molar-refractivity contribution in [1.82, 2.24) is 14.7 Å². The van der Waals surface area contributed by atoms with E-state index in [0.29, 0.717) is 23.6 Å². The maximum absolute atomic E-state index is 12.8. The van der Waals surface area contributed by atoms with Crippen LogP contribution in [0.2, 0.25) is 0 Å². The number of carbonyl (C=O) groups is 1. The van der Waals surface area contributed by atoms with Crippen LogP contribution in [-0.2, 0) is 6.54 Å². The van der Waals surface area contributed by atoms with Gasteiger partial charge in [-0.15, -0.1) is 0 Å². The number of hydrogen-bond acceptors (Lipinski definition) is 4. The van der Waals surface area contributed by atoms with E-state index in [1.54, 1.807) is 6.20 Å². The van der Waals surface area contributed by atoms with Gasteiger partial charge in [0.1, 0.15) is 0 Å². The summed E-state index contributed by atoms with van der Waals surface area (Å²) in [5.74, 6) is 0.571. The number of anilines is 3. The lowest BCUT2D eigenvalue weighted by Crippen LogP contribution is -2.22. The molecule has 0 aliphatic heterocycles. The van der Waals surface area contributed by atoms with Crippen LogP contribution in [0.15, 0.2) is 67.1 Å². The van der Waals surface area contributed by atoms with E-state index in [-0.39, 0.29) is 5.91 Å². The number of nitrogen functional groups attached to an aromatic ring is 1. The maximum atomic E-state index is 12.8. The van der Waals surface area contributed by atoms with Crippen molar-refractivity contribution in [3.8, 4) is 0 Å². The van der Waals surface area contributed by atoms with Crippen molar-refractivity contribution in [2.24, 2.45) is 0 Å². The van der Waals surface area contributed by atoms with Crippen LogP contribution in [0.1, 0.15) is 27.0 Å². The molecule has 0 spiro atoms. The molecule has 0 saturated carbocycles. The molecule has 0 bridgehead atoms. The number of aromatic nitrogens is 2. The summed E-state index contributed by atoms with van der Waals surface area (Å²) < 4.78 is 1.92. The number of rotatable bonds is 5. The fraction of sp³-hybridized carbons (Fsp3) is 0.130. The largest absolute Gasteiger partial charge is 0.399 e. The summed E-state index contributed by atoms with van der Waals surface area (Å²) >= 11 is 0. The smallest absolute Gasteiger partial charge is 0.253 e. The van der Waals surface area contributed by atoms with E-state index < -0.39 is 0 Å². The summed E-state index contributed by atoms with van der Waals surface area (Å²) in [6, 6.07) is 15.6. The van der Waals surface area contributed by atoms with Crippen LogP contribution in [0.4, 0.5) is 17.2 Å². The highest BCUT2D eigenvalue weighted by Crippen LogP contribution is 2.28. The molecule has 4 N–H and O–H groups in total. The molecular weight excluding hydrogens is 362 g/mol. The molecule has 29 heavy (non-hydrogen) atoms. The minimum absolute atomic E-state index is 0.110. The summed E-state index contributed by atoms with van der Waals surface area (Å²) in [4.78, 5) is 17.3. The molecule has 2 aromatic heterocycles. The third-order valence-electron chi connectivity index (χ3n) is 5.00. The Morgan fingerprint density at radius 1 is 1.14 bits per heavy atom. The van der Waals surface area contributed by atoms with Gasteiger partial charge in [0.05, 0.1) is 11.1 Å². The zero-order valence-corrected chi connectivity index (χ0v) is 16.4. The zero-order valence-electron chi connectivity index (χ0n) is 16.4. The molecule has 0 saturated heterocycles. The number of amides is 1. The first-order valence-corrected chi connectivity index (χ1v) is 9.44. The Morgan fingerprint density at radius 2 is 1.93 bits per heavy atom. The van der Waals surface area contributed by atoms with Gasteiger partial charge in [-0.3, -0.25) is 4.79 Å². The normalized spacial score (nSPS) is 10.8. The summed E-state index contributed by atoms with van der Waals surface area (Å²) in [5.41, 5.74) is 12.0. The number of fused-ring (bicyclic) bond motifs is 1. The van der Waals surface area contributed by atoms with Gasteiger partial charge in [0.25, 0.3) is 5.91 Å². The predicted octanol–water partition coefficient (Wildman–Crippen LogP) is 4.21. The van der Waals surface area contributed by atoms with Gasteiger partial charge in [0, 0.05) is 36.5 Å². The standard InChI is InChI=1S/C23H23N5O/c1-15-8-9-18(24)12-20(15)27-22-21-16(2)19(14-28(21)11-10-25-22)23(29)26-13-17-6-4-3-5-7-17/h3-12,14H,13,24H2,1-2H3,(H,25,27)(H,26,29). The molecule has 2 heterocycles. The van der Waals surface area contributed by atoms with Gasteiger partial charge in [-0.05, 0) is 42.7 Å². The van der Waals surface area contributed by atoms with Gasteiger partial charge in [-0.25, -0.2) is 4.98 Å². The Morgan fingerprint density at radius 3 is 2.72 bits per heavy atom. The number of hydrogen-bond donors (Lipinski definition) is 3. The molecule has 2 aromatic carbocycles. The van der Waals surface area contributed by atoms with E-state index in [1.165, 1.54) is 0 Å². The van der Waals surface area contributed by atoms with E-state index in [9.17, 15) is 4.79 Å². The average molecular weight is 385 g/mol. The Kier molecular flexibility index (Phi) is 4.91. The first kappa shape index (κ1) is 18.6. The topological polar surface area (TPSA) is 84.4 Å². The SMILES string of the molecule is Cc1ccc(N)cc1Nc1nccn2cc(C(=O)NCc3ccccc3)c(C)c12. The molecule has 4 rings (SSSR count). The number of benzene rings is 2. The Bertz CT molecular complexity index is 1180. The second-order valence-electron chi connectivity index (χ2n) is 7.07. The van der Waals surface area contributed by atoms with Crippen LogP contribution in [0, 0.1) is 13.8 Å². The van der Waals surface area contributed by atoms with Gasteiger partial charge in [-0.1, -0.05) is 36.4 Å². The van der Waals surface area contributed by atoms with E-state index in [2.05, 4.69) is 15.6 Å². The monoisotopic (exact) mass is 385 g/mol. The maximum Gasteiger partial charge on any atom is 0.253 e. The van der Waals surface area contributed by atoms with Crippen LogP contribution in [0.25, 0.3) is 5.52 Å². The van der Waals surface area contributed by atoms with Crippen molar-refractivity contribution in [3.05, 3.63) is 89.4 Å². The quantitative estimate of drug-likeness (QED) is 0.449. The van der Waals surface area contributed by atoms with Gasteiger partial charge in [0.15, 0.2) is 5.82 Å². The van der Waals surface area contributed by atoms with Crippen LogP contribution < -0.4 is 16.4 Å². The fourth-order valence-corrected chi connectivity index (χ4v) is 3.38. The predicted molar refractivity (Wildman–Crippen MR) is 116 cm³/mol. The second-order valence-corrected chi connectivity index (χ2v) is 7.07. The van der Waals surface area contributed by atoms with Crippen molar-refractivity contribution < 1.29 is 4.79 Å². The first-order chi connectivity index (χ1) is 14.0.